The number of benzene rings is 2. The molecule has 0 saturated heterocycles. The molecule has 3 rings (SSSR count). The Labute approximate surface area is 142 Å². The summed E-state index contributed by atoms with van der Waals surface area (Å²) in [5.74, 6) is 0.722. The third-order valence-corrected chi connectivity index (χ3v) is 4.13. The molecule has 0 radical (unpaired) electrons. The Morgan fingerprint density at radius 2 is 2.00 bits per heavy atom. The Morgan fingerprint density at radius 3 is 2.74 bits per heavy atom. The van der Waals surface area contributed by atoms with Gasteiger partial charge < -0.3 is 15.4 Å². The van der Waals surface area contributed by atoms with Gasteiger partial charge in [-0.3, -0.25) is 4.79 Å². The normalized spacial score (nSPS) is 12.0. The number of hydrogen-bond donors (Lipinski definition) is 2. The van der Waals surface area contributed by atoms with Crippen molar-refractivity contribution >= 4 is 29.7 Å². The van der Waals surface area contributed by atoms with Gasteiger partial charge >= 0.3 is 0 Å². The van der Waals surface area contributed by atoms with Crippen molar-refractivity contribution < 1.29 is 9.53 Å². The van der Waals surface area contributed by atoms with Crippen molar-refractivity contribution in [2.45, 2.75) is 20.3 Å². The van der Waals surface area contributed by atoms with E-state index >= 15 is 0 Å². The lowest BCUT2D eigenvalue weighted by Crippen LogP contribution is -2.13. The van der Waals surface area contributed by atoms with Gasteiger partial charge in [0.2, 0.25) is 0 Å². The van der Waals surface area contributed by atoms with Crippen LogP contribution in [-0.2, 0) is 6.42 Å². The van der Waals surface area contributed by atoms with Crippen molar-refractivity contribution in [3.05, 3.63) is 52.6 Å². The topological polar surface area (TPSA) is 50.4 Å². The fourth-order valence-corrected chi connectivity index (χ4v) is 2.92. The first-order valence-electron chi connectivity index (χ1n) is 7.42. The SMILES string of the molecule is COc1c(C)ccc(NC(=O)c2ccc3c(c2)CCN3)c1C.Cl. The second-order valence-corrected chi connectivity index (χ2v) is 5.59. The lowest BCUT2D eigenvalue weighted by Gasteiger charge is -2.14. The van der Waals surface area contributed by atoms with Gasteiger partial charge in [-0.15, -0.1) is 12.4 Å². The van der Waals surface area contributed by atoms with E-state index < -0.39 is 0 Å². The molecule has 0 bridgehead atoms. The highest BCUT2D eigenvalue weighted by molar-refractivity contribution is 6.05. The first-order chi connectivity index (χ1) is 10.6. The van der Waals surface area contributed by atoms with Gasteiger partial charge in [0.05, 0.1) is 7.11 Å². The molecule has 1 heterocycles. The largest absolute Gasteiger partial charge is 0.496 e. The van der Waals surface area contributed by atoms with Gasteiger partial charge in [-0.05, 0) is 55.7 Å². The Balaban J connectivity index is 0.00000192. The predicted molar refractivity (Wildman–Crippen MR) is 96.3 cm³/mol. The fraction of sp³-hybridized carbons (Fsp3) is 0.278. The van der Waals surface area contributed by atoms with Crippen molar-refractivity contribution in [3.8, 4) is 5.75 Å². The number of carbonyl (C=O) groups is 1. The van der Waals surface area contributed by atoms with Crippen LogP contribution in [0.3, 0.4) is 0 Å². The fourth-order valence-electron chi connectivity index (χ4n) is 2.92. The summed E-state index contributed by atoms with van der Waals surface area (Å²) in [6.45, 7) is 4.88. The maximum absolute atomic E-state index is 12.5. The molecular weight excluding hydrogens is 312 g/mol. The lowest BCUT2D eigenvalue weighted by atomic mass is 10.1. The molecule has 0 atom stereocenters. The minimum atomic E-state index is -0.0938. The summed E-state index contributed by atoms with van der Waals surface area (Å²) in [5, 5.41) is 6.28. The zero-order valence-electron chi connectivity index (χ0n) is 13.5. The van der Waals surface area contributed by atoms with Gasteiger partial charge in [0.1, 0.15) is 5.75 Å². The zero-order valence-corrected chi connectivity index (χ0v) is 14.3. The van der Waals surface area contributed by atoms with Crippen molar-refractivity contribution in [1.29, 1.82) is 0 Å². The number of hydrogen-bond acceptors (Lipinski definition) is 3. The molecule has 0 fully saturated rings. The number of anilines is 2. The molecule has 23 heavy (non-hydrogen) atoms. The standard InChI is InChI=1S/C18H20N2O2.ClH/c1-11-4-6-15(12(2)17(11)22-3)20-18(21)14-5-7-16-13(10-14)8-9-19-16;/h4-7,10,19H,8-9H2,1-3H3,(H,20,21);1H. The van der Waals surface area contributed by atoms with E-state index in [0.717, 1.165) is 41.2 Å². The molecule has 2 N–H and O–H groups in total. The van der Waals surface area contributed by atoms with Crippen molar-refractivity contribution in [2.75, 3.05) is 24.3 Å². The molecule has 2 aromatic rings. The van der Waals surface area contributed by atoms with Gasteiger partial charge in [-0.2, -0.15) is 0 Å². The van der Waals surface area contributed by atoms with E-state index in [2.05, 4.69) is 10.6 Å². The van der Waals surface area contributed by atoms with Crippen LogP contribution >= 0.6 is 12.4 Å². The number of amides is 1. The summed E-state index contributed by atoms with van der Waals surface area (Å²) >= 11 is 0. The van der Waals surface area contributed by atoms with Gasteiger partial charge in [0.25, 0.3) is 5.91 Å². The molecule has 0 aliphatic carbocycles. The van der Waals surface area contributed by atoms with Crippen molar-refractivity contribution in [2.24, 2.45) is 0 Å². The number of nitrogens with one attached hydrogen (secondary N) is 2. The third-order valence-electron chi connectivity index (χ3n) is 4.13. The summed E-state index contributed by atoms with van der Waals surface area (Å²) in [7, 11) is 1.65. The highest BCUT2D eigenvalue weighted by atomic mass is 35.5. The molecule has 1 aliphatic rings. The molecule has 5 heteroatoms. The molecule has 0 saturated carbocycles. The summed E-state index contributed by atoms with van der Waals surface area (Å²) in [5.41, 5.74) is 5.79. The third kappa shape index (κ3) is 3.27. The predicted octanol–water partition coefficient (Wildman–Crippen LogP) is 3.95. The van der Waals surface area contributed by atoms with Gasteiger partial charge in [-0.25, -0.2) is 0 Å². The first-order valence-corrected chi connectivity index (χ1v) is 7.42. The van der Waals surface area contributed by atoms with Crippen LogP contribution in [0.5, 0.6) is 5.75 Å². The first kappa shape index (κ1) is 17.2. The highest BCUT2D eigenvalue weighted by Gasteiger charge is 2.15. The van der Waals surface area contributed by atoms with Crippen LogP contribution in [0.25, 0.3) is 0 Å². The van der Waals surface area contributed by atoms with E-state index in [4.69, 9.17) is 4.74 Å². The van der Waals surface area contributed by atoms with Crippen LogP contribution in [0.15, 0.2) is 30.3 Å². The second kappa shape index (κ2) is 6.92. The number of ether oxygens (including phenoxy) is 1. The summed E-state index contributed by atoms with van der Waals surface area (Å²) in [6, 6.07) is 9.66. The van der Waals surface area contributed by atoms with E-state index in [1.54, 1.807) is 7.11 Å². The van der Waals surface area contributed by atoms with E-state index in [0.29, 0.717) is 5.56 Å². The number of halogens is 1. The van der Waals surface area contributed by atoms with Gasteiger partial charge in [0.15, 0.2) is 0 Å². The minimum Gasteiger partial charge on any atom is -0.496 e. The maximum Gasteiger partial charge on any atom is 0.255 e. The Morgan fingerprint density at radius 1 is 1.22 bits per heavy atom. The van der Waals surface area contributed by atoms with E-state index in [-0.39, 0.29) is 18.3 Å². The van der Waals surface area contributed by atoms with Crippen LogP contribution in [0.1, 0.15) is 27.0 Å². The molecule has 0 spiro atoms. The molecule has 2 aromatic carbocycles. The van der Waals surface area contributed by atoms with Gasteiger partial charge in [-0.1, -0.05) is 6.07 Å². The maximum atomic E-state index is 12.5. The molecule has 1 aliphatic heterocycles. The van der Waals surface area contributed by atoms with Crippen LogP contribution in [0.2, 0.25) is 0 Å². The number of carbonyl (C=O) groups excluding carboxylic acids is 1. The summed E-state index contributed by atoms with van der Waals surface area (Å²) < 4.78 is 5.40. The quantitative estimate of drug-likeness (QED) is 0.894. The van der Waals surface area contributed by atoms with Crippen LogP contribution in [0.4, 0.5) is 11.4 Å². The van der Waals surface area contributed by atoms with E-state index in [9.17, 15) is 4.79 Å². The van der Waals surface area contributed by atoms with Gasteiger partial charge in [0, 0.05) is 29.0 Å². The number of methoxy groups -OCH3 is 1. The average Bonchev–Trinajstić information content (AvgIpc) is 2.98. The van der Waals surface area contributed by atoms with E-state index in [1.807, 2.05) is 44.2 Å². The molecule has 4 nitrogen and oxygen atoms in total. The Bertz CT molecular complexity index is 744. The summed E-state index contributed by atoms with van der Waals surface area (Å²) in [4.78, 5) is 12.5. The van der Waals surface area contributed by atoms with Crippen LogP contribution < -0.4 is 15.4 Å². The number of rotatable bonds is 3. The molecular formula is C18H21ClN2O2. The smallest absolute Gasteiger partial charge is 0.255 e. The van der Waals surface area contributed by atoms with Crippen molar-refractivity contribution in [3.63, 3.8) is 0 Å². The second-order valence-electron chi connectivity index (χ2n) is 5.59. The number of aryl methyl sites for hydroxylation is 1. The minimum absolute atomic E-state index is 0. The van der Waals surface area contributed by atoms with Crippen LogP contribution in [-0.4, -0.2) is 19.6 Å². The average molecular weight is 333 g/mol. The molecule has 0 unspecified atom stereocenters. The van der Waals surface area contributed by atoms with Crippen molar-refractivity contribution in [1.82, 2.24) is 0 Å². The lowest BCUT2D eigenvalue weighted by molar-refractivity contribution is 0.102. The molecule has 1 amide bonds. The Kier molecular flexibility index (Phi) is 5.16. The zero-order chi connectivity index (χ0) is 15.7. The molecule has 122 valence electrons. The highest BCUT2D eigenvalue weighted by Crippen LogP contribution is 2.30. The summed E-state index contributed by atoms with van der Waals surface area (Å²) in [6.07, 6.45) is 0.966. The van der Waals surface area contributed by atoms with E-state index in [1.165, 1.54) is 5.56 Å². The van der Waals surface area contributed by atoms with Crippen LogP contribution in [0, 0.1) is 13.8 Å². The monoisotopic (exact) mass is 332 g/mol. The molecule has 0 aromatic heterocycles. The number of fused-ring (bicyclic) bond motifs is 1. The Hall–Kier alpha value is -2.20.